The Morgan fingerprint density at radius 1 is 0.386 bits per heavy atom. The van der Waals surface area contributed by atoms with Crippen LogP contribution in [-0.2, 0) is 0 Å². The Kier molecular flexibility index (Phi) is 8.01. The highest BCUT2D eigenvalue weighted by Gasteiger charge is 2.18. The molecule has 0 radical (unpaired) electrons. The molecule has 0 saturated heterocycles. The van der Waals surface area contributed by atoms with E-state index < -0.39 is 0 Å². The molecular formula is C53H34N2OS. The van der Waals surface area contributed by atoms with E-state index in [-0.39, 0.29) is 0 Å². The van der Waals surface area contributed by atoms with Gasteiger partial charge in [0.05, 0.1) is 0 Å². The van der Waals surface area contributed by atoms with Crippen LogP contribution in [0.3, 0.4) is 0 Å². The zero-order chi connectivity index (χ0) is 37.7. The van der Waals surface area contributed by atoms with Gasteiger partial charge < -0.3 is 9.32 Å². The highest BCUT2D eigenvalue weighted by atomic mass is 32.1. The number of nitrogens with zero attached hydrogens (tertiary/aromatic N) is 2. The molecule has 11 rings (SSSR count). The molecule has 0 aliphatic heterocycles. The van der Waals surface area contributed by atoms with Gasteiger partial charge in [-0.1, -0.05) is 133 Å². The molecular weight excluding hydrogens is 713 g/mol. The summed E-state index contributed by atoms with van der Waals surface area (Å²) in [6.45, 7) is 0. The molecule has 0 fully saturated rings. The summed E-state index contributed by atoms with van der Waals surface area (Å²) in [6.07, 6.45) is 0. The van der Waals surface area contributed by atoms with Crippen LogP contribution in [-0.4, -0.2) is 4.98 Å². The summed E-state index contributed by atoms with van der Waals surface area (Å²) in [4.78, 5) is 7.20. The van der Waals surface area contributed by atoms with Crippen molar-refractivity contribution in [3.8, 4) is 44.8 Å². The fourth-order valence-electron chi connectivity index (χ4n) is 8.05. The second kappa shape index (κ2) is 13.8. The van der Waals surface area contributed by atoms with Crippen molar-refractivity contribution in [2.24, 2.45) is 0 Å². The van der Waals surface area contributed by atoms with Crippen molar-refractivity contribution >= 4 is 70.4 Å². The first-order valence-corrected chi connectivity index (χ1v) is 20.0. The van der Waals surface area contributed by atoms with E-state index in [4.69, 9.17) is 9.40 Å². The monoisotopic (exact) mass is 746 g/mol. The Morgan fingerprint density at radius 2 is 0.947 bits per heavy atom. The number of anilines is 3. The van der Waals surface area contributed by atoms with Crippen molar-refractivity contribution in [2.75, 3.05) is 4.90 Å². The van der Waals surface area contributed by atoms with Gasteiger partial charge in [0.2, 0.25) is 5.89 Å². The van der Waals surface area contributed by atoms with Crippen LogP contribution in [0.1, 0.15) is 0 Å². The van der Waals surface area contributed by atoms with E-state index in [1.54, 1.807) is 11.3 Å². The van der Waals surface area contributed by atoms with Gasteiger partial charge in [0.1, 0.15) is 5.52 Å². The van der Waals surface area contributed by atoms with Crippen molar-refractivity contribution in [2.45, 2.75) is 0 Å². The Balaban J connectivity index is 1.00. The zero-order valence-electron chi connectivity index (χ0n) is 30.8. The highest BCUT2D eigenvalue weighted by Crippen LogP contribution is 2.43. The summed E-state index contributed by atoms with van der Waals surface area (Å²) < 4.78 is 8.73. The molecule has 0 amide bonds. The van der Waals surface area contributed by atoms with E-state index in [1.165, 1.54) is 58.8 Å². The second-order valence-electron chi connectivity index (χ2n) is 14.4. The van der Waals surface area contributed by atoms with Gasteiger partial charge in [-0.3, -0.25) is 0 Å². The van der Waals surface area contributed by atoms with Crippen LogP contribution < -0.4 is 4.90 Å². The van der Waals surface area contributed by atoms with Crippen molar-refractivity contribution < 1.29 is 4.42 Å². The summed E-state index contributed by atoms with van der Waals surface area (Å²) in [7, 11) is 0. The van der Waals surface area contributed by atoms with Crippen molar-refractivity contribution in [1.82, 2.24) is 4.98 Å². The summed E-state index contributed by atoms with van der Waals surface area (Å²) >= 11 is 1.80. The van der Waals surface area contributed by atoms with E-state index >= 15 is 0 Å². The van der Waals surface area contributed by atoms with Gasteiger partial charge in [0.15, 0.2) is 5.58 Å². The summed E-state index contributed by atoms with van der Waals surface area (Å²) in [5, 5.41) is 4.85. The number of fused-ring (bicyclic) bond motifs is 5. The molecule has 0 spiro atoms. The van der Waals surface area contributed by atoms with Crippen LogP contribution >= 0.6 is 11.3 Å². The lowest BCUT2D eigenvalue weighted by molar-refractivity contribution is 0.620. The number of hydrogen-bond donors (Lipinski definition) is 0. The summed E-state index contributed by atoms with van der Waals surface area (Å²) in [6, 6.07) is 73.7. The van der Waals surface area contributed by atoms with Gasteiger partial charge in [-0.2, -0.15) is 0 Å². The van der Waals surface area contributed by atoms with E-state index in [2.05, 4.69) is 181 Å². The van der Waals surface area contributed by atoms with Crippen molar-refractivity contribution in [3.63, 3.8) is 0 Å². The maximum atomic E-state index is 6.28. The molecule has 11 aromatic rings. The predicted octanol–water partition coefficient (Wildman–Crippen LogP) is 15.5. The third-order valence-electron chi connectivity index (χ3n) is 10.9. The molecule has 2 heterocycles. The molecule has 0 bridgehead atoms. The molecule has 0 aliphatic carbocycles. The third kappa shape index (κ3) is 6.04. The number of hydrogen-bond acceptors (Lipinski definition) is 4. The first kappa shape index (κ1) is 33.1. The van der Waals surface area contributed by atoms with Gasteiger partial charge in [-0.05, 0) is 117 Å². The van der Waals surface area contributed by atoms with Crippen LogP contribution in [0.4, 0.5) is 17.1 Å². The predicted molar refractivity (Wildman–Crippen MR) is 241 cm³/mol. The minimum absolute atomic E-state index is 0.648. The normalized spacial score (nSPS) is 11.5. The minimum Gasteiger partial charge on any atom is -0.436 e. The molecule has 0 unspecified atom stereocenters. The smallest absolute Gasteiger partial charge is 0.227 e. The van der Waals surface area contributed by atoms with Crippen molar-refractivity contribution in [1.29, 1.82) is 0 Å². The molecule has 3 nitrogen and oxygen atoms in total. The largest absolute Gasteiger partial charge is 0.436 e. The molecule has 4 heteroatoms. The SMILES string of the molecule is c1ccc(-c2ccc(N(c3ccc(-c4ccc5sc6cc7nc(-c8ccccc8)oc7cc6c5c4)cc3)c3cc(-c4ccccc4)c4ccccc4c3)cc2)cc1. The molecule has 57 heavy (non-hydrogen) atoms. The topological polar surface area (TPSA) is 29.3 Å². The molecule has 0 saturated carbocycles. The number of benzene rings is 9. The quantitative estimate of drug-likeness (QED) is 0.163. The second-order valence-corrected chi connectivity index (χ2v) is 15.5. The van der Waals surface area contributed by atoms with E-state index in [1.807, 2.05) is 30.3 Å². The number of oxazole rings is 1. The van der Waals surface area contributed by atoms with Crippen LogP contribution in [0.25, 0.3) is 86.9 Å². The van der Waals surface area contributed by atoms with E-state index in [0.717, 1.165) is 39.3 Å². The standard InChI is InChI=1S/C53H34N2OS/c1-4-12-35(13-5-1)36-20-25-42(26-21-36)55(44-30-41-18-10-11-19-45(41)46(32-44)38-14-6-2-7-15-38)43-27-22-37(23-28-43)40-24-29-51-47(31-40)48-33-50-49(34-52(48)57-51)54-53(56-50)39-16-8-3-9-17-39/h1-34H. The maximum Gasteiger partial charge on any atom is 0.227 e. The molecule has 9 aromatic carbocycles. The average molecular weight is 747 g/mol. The van der Waals surface area contributed by atoms with Crippen molar-refractivity contribution in [3.05, 3.63) is 206 Å². The Morgan fingerprint density at radius 3 is 1.65 bits per heavy atom. The third-order valence-corrected chi connectivity index (χ3v) is 12.0. The summed E-state index contributed by atoms with van der Waals surface area (Å²) in [5.74, 6) is 0.648. The molecule has 0 atom stereocenters. The lowest BCUT2D eigenvalue weighted by Crippen LogP contribution is -2.10. The Hall–Kier alpha value is -7.27. The molecule has 268 valence electrons. The first-order valence-electron chi connectivity index (χ1n) is 19.2. The van der Waals surface area contributed by atoms with Crippen LogP contribution in [0.15, 0.2) is 211 Å². The molecule has 0 aliphatic rings. The summed E-state index contributed by atoms with van der Waals surface area (Å²) in [5.41, 5.74) is 13.1. The average Bonchev–Trinajstić information content (AvgIpc) is 3.87. The van der Waals surface area contributed by atoms with Crippen LogP contribution in [0.2, 0.25) is 0 Å². The van der Waals surface area contributed by atoms with E-state index in [0.29, 0.717) is 5.89 Å². The van der Waals surface area contributed by atoms with E-state index in [9.17, 15) is 0 Å². The fraction of sp³-hybridized carbons (Fsp3) is 0. The van der Waals surface area contributed by atoms with Gasteiger partial charge in [0, 0.05) is 42.8 Å². The van der Waals surface area contributed by atoms with Gasteiger partial charge >= 0.3 is 0 Å². The zero-order valence-corrected chi connectivity index (χ0v) is 31.7. The Labute approximate surface area is 334 Å². The number of aromatic nitrogens is 1. The maximum absolute atomic E-state index is 6.28. The number of thiophene rings is 1. The van der Waals surface area contributed by atoms with Gasteiger partial charge in [-0.25, -0.2) is 4.98 Å². The van der Waals surface area contributed by atoms with Crippen LogP contribution in [0.5, 0.6) is 0 Å². The molecule has 2 aromatic heterocycles. The Bertz CT molecular complexity index is 3210. The highest BCUT2D eigenvalue weighted by molar-refractivity contribution is 7.25. The lowest BCUT2D eigenvalue weighted by atomic mass is 9.96. The lowest BCUT2D eigenvalue weighted by Gasteiger charge is -2.27. The number of rotatable bonds is 7. The molecule has 0 N–H and O–H groups in total. The van der Waals surface area contributed by atoms with Gasteiger partial charge in [0.25, 0.3) is 0 Å². The first-order chi connectivity index (χ1) is 28.2. The minimum atomic E-state index is 0.648. The van der Waals surface area contributed by atoms with Crippen LogP contribution in [0, 0.1) is 0 Å². The van der Waals surface area contributed by atoms with Gasteiger partial charge in [-0.15, -0.1) is 11.3 Å². The fourth-order valence-corrected chi connectivity index (χ4v) is 9.15.